The minimum absolute atomic E-state index is 0.190. The lowest BCUT2D eigenvalue weighted by molar-refractivity contribution is 0.0950. The molecule has 1 amide bonds. The van der Waals surface area contributed by atoms with Gasteiger partial charge in [0.25, 0.3) is 5.91 Å². The molecule has 4 rings (SSSR count). The second-order valence-corrected chi connectivity index (χ2v) is 6.89. The summed E-state index contributed by atoms with van der Waals surface area (Å²) < 4.78 is 10.7. The number of aromatic nitrogens is 2. The lowest BCUT2D eigenvalue weighted by Gasteiger charge is -2.35. The van der Waals surface area contributed by atoms with Gasteiger partial charge < -0.3 is 19.7 Å². The molecule has 0 radical (unpaired) electrons. The molecule has 7 nitrogen and oxygen atoms in total. The fraction of sp³-hybridized carbons (Fsp3) is 0.450. The Morgan fingerprint density at radius 3 is 2.85 bits per heavy atom. The molecular weight excluding hydrogens is 344 g/mol. The van der Waals surface area contributed by atoms with E-state index in [0.29, 0.717) is 29.8 Å². The lowest BCUT2D eigenvalue weighted by Crippen LogP contribution is -2.40. The smallest absolute Gasteiger partial charge is 0.254 e. The zero-order valence-corrected chi connectivity index (χ0v) is 15.5. The van der Waals surface area contributed by atoms with Crippen LogP contribution in [0.2, 0.25) is 0 Å². The van der Waals surface area contributed by atoms with Gasteiger partial charge in [-0.1, -0.05) is 13.0 Å². The van der Waals surface area contributed by atoms with E-state index in [4.69, 9.17) is 9.47 Å². The zero-order chi connectivity index (χ0) is 18.6. The van der Waals surface area contributed by atoms with Gasteiger partial charge in [0.1, 0.15) is 0 Å². The SMILES string of the molecule is CCC1CCCCN1c1ncc(C(=O)NCc2ccc3c(c2)OCO3)cn1. The van der Waals surface area contributed by atoms with Crippen LogP contribution in [0.15, 0.2) is 30.6 Å². The van der Waals surface area contributed by atoms with Crippen LogP contribution in [0.3, 0.4) is 0 Å². The van der Waals surface area contributed by atoms with E-state index in [2.05, 4.69) is 27.1 Å². The zero-order valence-electron chi connectivity index (χ0n) is 15.5. The van der Waals surface area contributed by atoms with Crippen LogP contribution < -0.4 is 19.7 Å². The van der Waals surface area contributed by atoms with E-state index in [0.717, 1.165) is 30.7 Å². The van der Waals surface area contributed by atoms with E-state index >= 15 is 0 Å². The van der Waals surface area contributed by atoms with Crippen molar-refractivity contribution in [2.75, 3.05) is 18.2 Å². The highest BCUT2D eigenvalue weighted by atomic mass is 16.7. The molecule has 1 fully saturated rings. The molecule has 0 spiro atoms. The number of carbonyl (C=O) groups is 1. The second-order valence-electron chi connectivity index (χ2n) is 6.89. The predicted molar refractivity (Wildman–Crippen MR) is 101 cm³/mol. The summed E-state index contributed by atoms with van der Waals surface area (Å²) in [7, 11) is 0. The highest BCUT2D eigenvalue weighted by molar-refractivity contribution is 5.93. The van der Waals surface area contributed by atoms with Gasteiger partial charge >= 0.3 is 0 Å². The van der Waals surface area contributed by atoms with Crippen molar-refractivity contribution in [3.8, 4) is 11.5 Å². The molecule has 1 aromatic carbocycles. The maximum absolute atomic E-state index is 12.4. The number of nitrogens with zero attached hydrogens (tertiary/aromatic N) is 3. The van der Waals surface area contributed by atoms with E-state index in [1.54, 1.807) is 12.4 Å². The summed E-state index contributed by atoms with van der Waals surface area (Å²) in [5.74, 6) is 1.97. The fourth-order valence-corrected chi connectivity index (χ4v) is 3.61. The van der Waals surface area contributed by atoms with E-state index < -0.39 is 0 Å². The average Bonchev–Trinajstić information content (AvgIpc) is 3.20. The molecule has 142 valence electrons. The van der Waals surface area contributed by atoms with E-state index in [1.165, 1.54) is 12.8 Å². The predicted octanol–water partition coefficient (Wildman–Crippen LogP) is 2.90. The molecule has 2 aliphatic heterocycles. The first kappa shape index (κ1) is 17.6. The van der Waals surface area contributed by atoms with Crippen LogP contribution in [0.4, 0.5) is 5.95 Å². The molecule has 1 unspecified atom stereocenters. The Morgan fingerprint density at radius 1 is 1.22 bits per heavy atom. The summed E-state index contributed by atoms with van der Waals surface area (Å²) in [6.07, 6.45) is 7.91. The normalized spacial score (nSPS) is 18.4. The number of carbonyl (C=O) groups excluding carboxylic acids is 1. The maximum Gasteiger partial charge on any atom is 0.254 e. The Bertz CT molecular complexity index is 809. The van der Waals surface area contributed by atoms with Gasteiger partial charge in [-0.25, -0.2) is 9.97 Å². The highest BCUT2D eigenvalue weighted by Crippen LogP contribution is 2.32. The van der Waals surface area contributed by atoms with E-state index in [-0.39, 0.29) is 12.7 Å². The van der Waals surface area contributed by atoms with Crippen LogP contribution in [-0.2, 0) is 6.54 Å². The third-order valence-electron chi connectivity index (χ3n) is 5.15. The number of nitrogens with one attached hydrogen (secondary N) is 1. The second kappa shape index (κ2) is 7.82. The number of benzene rings is 1. The van der Waals surface area contributed by atoms with Crippen molar-refractivity contribution in [2.45, 2.75) is 45.2 Å². The number of ether oxygens (including phenoxy) is 2. The van der Waals surface area contributed by atoms with Crippen molar-refractivity contribution in [1.29, 1.82) is 0 Å². The number of amides is 1. The highest BCUT2D eigenvalue weighted by Gasteiger charge is 2.23. The summed E-state index contributed by atoms with van der Waals surface area (Å²) in [5, 5.41) is 2.90. The summed E-state index contributed by atoms with van der Waals surface area (Å²) in [6.45, 7) is 3.82. The van der Waals surface area contributed by atoms with Crippen molar-refractivity contribution in [3.05, 3.63) is 41.7 Å². The van der Waals surface area contributed by atoms with Gasteiger partial charge in [-0.05, 0) is 43.4 Å². The first-order chi connectivity index (χ1) is 13.2. The molecule has 0 aliphatic carbocycles. The lowest BCUT2D eigenvalue weighted by atomic mass is 10.0. The standard InChI is InChI=1S/C20H24N4O3/c1-2-16-5-3-4-8-24(16)20-22-11-15(12-23-20)19(25)21-10-14-6-7-17-18(9-14)27-13-26-17/h6-7,9,11-12,16H,2-5,8,10,13H2,1H3,(H,21,25). The number of hydrogen-bond acceptors (Lipinski definition) is 6. The molecule has 1 N–H and O–H groups in total. The minimum atomic E-state index is -0.190. The van der Waals surface area contributed by atoms with Crippen LogP contribution >= 0.6 is 0 Å². The average molecular weight is 368 g/mol. The van der Waals surface area contributed by atoms with Gasteiger partial charge in [-0.3, -0.25) is 4.79 Å². The number of fused-ring (bicyclic) bond motifs is 1. The number of piperidine rings is 1. The molecule has 1 saturated heterocycles. The van der Waals surface area contributed by atoms with Gasteiger partial charge in [-0.2, -0.15) is 0 Å². The van der Waals surface area contributed by atoms with Crippen LogP contribution in [0.25, 0.3) is 0 Å². The largest absolute Gasteiger partial charge is 0.454 e. The molecule has 1 atom stereocenters. The summed E-state index contributed by atoms with van der Waals surface area (Å²) >= 11 is 0. The topological polar surface area (TPSA) is 76.6 Å². The first-order valence-electron chi connectivity index (χ1n) is 9.50. The number of hydrogen-bond donors (Lipinski definition) is 1. The summed E-state index contributed by atoms with van der Waals surface area (Å²) in [4.78, 5) is 23.5. The molecule has 2 aromatic rings. The molecule has 7 heteroatoms. The van der Waals surface area contributed by atoms with Crippen molar-refractivity contribution >= 4 is 11.9 Å². The quantitative estimate of drug-likeness (QED) is 0.874. The van der Waals surface area contributed by atoms with Gasteiger partial charge in [0.15, 0.2) is 11.5 Å². The third-order valence-corrected chi connectivity index (χ3v) is 5.15. The van der Waals surface area contributed by atoms with E-state index in [9.17, 15) is 4.79 Å². The van der Waals surface area contributed by atoms with E-state index in [1.807, 2.05) is 18.2 Å². The molecule has 1 aromatic heterocycles. The third kappa shape index (κ3) is 3.82. The maximum atomic E-state index is 12.4. The molecule has 3 heterocycles. The van der Waals surface area contributed by atoms with Gasteiger partial charge in [0, 0.05) is 31.5 Å². The van der Waals surface area contributed by atoms with Crippen LogP contribution in [0.1, 0.15) is 48.5 Å². The minimum Gasteiger partial charge on any atom is -0.454 e. The Morgan fingerprint density at radius 2 is 2.04 bits per heavy atom. The molecule has 2 aliphatic rings. The Hall–Kier alpha value is -2.83. The Balaban J connectivity index is 1.37. The van der Waals surface area contributed by atoms with Gasteiger partial charge in [-0.15, -0.1) is 0 Å². The van der Waals surface area contributed by atoms with Crippen molar-refractivity contribution in [2.24, 2.45) is 0 Å². The van der Waals surface area contributed by atoms with Gasteiger partial charge in [0.05, 0.1) is 5.56 Å². The molecular formula is C20H24N4O3. The summed E-state index contributed by atoms with van der Waals surface area (Å²) in [6, 6.07) is 6.13. The number of rotatable bonds is 5. The van der Waals surface area contributed by atoms with Gasteiger partial charge in [0.2, 0.25) is 12.7 Å². The molecule has 0 bridgehead atoms. The van der Waals surface area contributed by atoms with Crippen LogP contribution in [-0.4, -0.2) is 35.3 Å². The van der Waals surface area contributed by atoms with Crippen LogP contribution in [0.5, 0.6) is 11.5 Å². The first-order valence-corrected chi connectivity index (χ1v) is 9.50. The Labute approximate surface area is 158 Å². The van der Waals surface area contributed by atoms with Crippen molar-refractivity contribution < 1.29 is 14.3 Å². The van der Waals surface area contributed by atoms with Crippen LogP contribution in [0, 0.1) is 0 Å². The molecule has 0 saturated carbocycles. The summed E-state index contributed by atoms with van der Waals surface area (Å²) in [5.41, 5.74) is 1.41. The number of anilines is 1. The molecule has 27 heavy (non-hydrogen) atoms. The van der Waals surface area contributed by atoms with Crippen molar-refractivity contribution in [1.82, 2.24) is 15.3 Å². The Kier molecular flexibility index (Phi) is 5.09. The van der Waals surface area contributed by atoms with Crippen molar-refractivity contribution in [3.63, 3.8) is 0 Å². The monoisotopic (exact) mass is 368 g/mol. The fourth-order valence-electron chi connectivity index (χ4n) is 3.61.